The molecule has 1 heterocycles. The summed E-state index contributed by atoms with van der Waals surface area (Å²) < 4.78 is 0. The van der Waals surface area contributed by atoms with Gasteiger partial charge in [-0.2, -0.15) is 0 Å². The summed E-state index contributed by atoms with van der Waals surface area (Å²) in [6, 6.07) is 10.4. The molecular formula is C17H25N3. The minimum Gasteiger partial charge on any atom is -0.345 e. The first-order valence-corrected chi connectivity index (χ1v) is 7.38. The zero-order valence-corrected chi connectivity index (χ0v) is 13.0. The smallest absolute Gasteiger partial charge is 0.108 e. The van der Waals surface area contributed by atoms with Gasteiger partial charge in [-0.15, -0.1) is 0 Å². The summed E-state index contributed by atoms with van der Waals surface area (Å²) in [5.41, 5.74) is 3.67. The molecule has 0 unspecified atom stereocenters. The quantitative estimate of drug-likeness (QED) is 0.873. The Morgan fingerprint density at radius 3 is 2.45 bits per heavy atom. The van der Waals surface area contributed by atoms with Gasteiger partial charge in [0.15, 0.2) is 0 Å². The predicted octanol–water partition coefficient (Wildman–Crippen LogP) is 3.57. The largest absolute Gasteiger partial charge is 0.345 e. The summed E-state index contributed by atoms with van der Waals surface area (Å²) >= 11 is 0. The minimum absolute atomic E-state index is 0.155. The second-order valence-electron chi connectivity index (χ2n) is 6.16. The lowest BCUT2D eigenvalue weighted by Gasteiger charge is -2.19. The van der Waals surface area contributed by atoms with Gasteiger partial charge < -0.3 is 10.3 Å². The van der Waals surface area contributed by atoms with Crippen molar-refractivity contribution in [3.63, 3.8) is 0 Å². The number of aromatic amines is 1. The van der Waals surface area contributed by atoms with E-state index in [1.54, 1.807) is 0 Å². The summed E-state index contributed by atoms with van der Waals surface area (Å²) in [7, 11) is 0. The van der Waals surface area contributed by atoms with E-state index < -0.39 is 0 Å². The number of nitrogens with zero attached hydrogens (tertiary/aromatic N) is 1. The van der Waals surface area contributed by atoms with Gasteiger partial charge in [-0.25, -0.2) is 4.98 Å². The molecule has 108 valence electrons. The van der Waals surface area contributed by atoms with Gasteiger partial charge in [0, 0.05) is 29.8 Å². The van der Waals surface area contributed by atoms with Crippen LogP contribution in [0, 0.1) is 0 Å². The highest BCUT2D eigenvalue weighted by atomic mass is 15.0. The molecule has 3 heteroatoms. The fraction of sp³-hybridized carbons (Fsp3) is 0.471. The number of nitrogens with one attached hydrogen (secondary N) is 2. The van der Waals surface area contributed by atoms with Crippen LogP contribution in [-0.4, -0.2) is 22.1 Å². The predicted molar refractivity (Wildman–Crippen MR) is 84.9 cm³/mol. The topological polar surface area (TPSA) is 40.7 Å². The third-order valence-corrected chi connectivity index (χ3v) is 3.25. The van der Waals surface area contributed by atoms with Gasteiger partial charge in [-0.1, -0.05) is 37.3 Å². The number of imidazole rings is 1. The van der Waals surface area contributed by atoms with Gasteiger partial charge in [-0.05, 0) is 27.2 Å². The Morgan fingerprint density at radius 1 is 1.15 bits per heavy atom. The van der Waals surface area contributed by atoms with Gasteiger partial charge in [-0.3, -0.25) is 0 Å². The fourth-order valence-corrected chi connectivity index (χ4v) is 2.23. The number of aryl methyl sites for hydroxylation is 1. The molecule has 0 atom stereocenters. The third-order valence-electron chi connectivity index (χ3n) is 3.25. The van der Waals surface area contributed by atoms with Gasteiger partial charge >= 0.3 is 0 Å². The van der Waals surface area contributed by atoms with Crippen LogP contribution in [0.4, 0.5) is 0 Å². The van der Waals surface area contributed by atoms with Crippen LogP contribution in [0.1, 0.15) is 39.2 Å². The minimum atomic E-state index is 0.155. The van der Waals surface area contributed by atoms with Gasteiger partial charge in [0.2, 0.25) is 0 Å². The maximum atomic E-state index is 4.78. The standard InChI is InChI=1S/C17H25N3/c1-5-14-16(13-9-7-6-8-10-13)20-15(19-14)11-12-18-17(2,3)4/h6-10,18H,5,11-12H2,1-4H3,(H,19,20). The van der Waals surface area contributed by atoms with Crippen LogP contribution in [0.5, 0.6) is 0 Å². The fourth-order valence-electron chi connectivity index (χ4n) is 2.23. The Labute approximate surface area is 121 Å². The van der Waals surface area contributed by atoms with Crippen molar-refractivity contribution in [3.8, 4) is 11.3 Å². The maximum Gasteiger partial charge on any atom is 0.108 e. The Morgan fingerprint density at radius 2 is 1.85 bits per heavy atom. The van der Waals surface area contributed by atoms with Crippen LogP contribution in [0.3, 0.4) is 0 Å². The van der Waals surface area contributed by atoms with Crippen LogP contribution in [0.15, 0.2) is 30.3 Å². The normalized spacial score (nSPS) is 11.8. The first-order chi connectivity index (χ1) is 9.49. The zero-order chi connectivity index (χ0) is 14.6. The lowest BCUT2D eigenvalue weighted by molar-refractivity contribution is 0.427. The second kappa shape index (κ2) is 6.23. The van der Waals surface area contributed by atoms with Crippen molar-refractivity contribution >= 4 is 0 Å². The van der Waals surface area contributed by atoms with E-state index in [-0.39, 0.29) is 5.54 Å². The maximum absolute atomic E-state index is 4.78. The van der Waals surface area contributed by atoms with Crippen molar-refractivity contribution in [2.75, 3.05) is 6.54 Å². The summed E-state index contributed by atoms with van der Waals surface area (Å²) in [6.45, 7) is 9.65. The molecule has 2 rings (SSSR count). The summed E-state index contributed by atoms with van der Waals surface area (Å²) in [4.78, 5) is 8.24. The highest BCUT2D eigenvalue weighted by Crippen LogP contribution is 2.21. The third kappa shape index (κ3) is 3.94. The lowest BCUT2D eigenvalue weighted by Crippen LogP contribution is -2.37. The molecule has 0 radical (unpaired) electrons. The second-order valence-corrected chi connectivity index (χ2v) is 6.16. The number of rotatable bonds is 5. The van der Waals surface area contributed by atoms with E-state index in [1.807, 2.05) is 6.07 Å². The van der Waals surface area contributed by atoms with E-state index >= 15 is 0 Å². The van der Waals surface area contributed by atoms with Crippen LogP contribution in [0.2, 0.25) is 0 Å². The Bertz CT molecular complexity index is 535. The summed E-state index contributed by atoms with van der Waals surface area (Å²) in [6.07, 6.45) is 1.90. The molecule has 1 aromatic heterocycles. The molecule has 3 nitrogen and oxygen atoms in total. The Balaban J connectivity index is 2.11. The summed E-state index contributed by atoms with van der Waals surface area (Å²) in [5, 5.41) is 3.50. The van der Waals surface area contributed by atoms with Gasteiger partial charge in [0.05, 0.1) is 5.69 Å². The Hall–Kier alpha value is -1.61. The van der Waals surface area contributed by atoms with E-state index in [0.29, 0.717) is 0 Å². The number of benzene rings is 1. The number of aromatic nitrogens is 2. The molecule has 20 heavy (non-hydrogen) atoms. The first kappa shape index (κ1) is 14.8. The number of H-pyrrole nitrogens is 1. The van der Waals surface area contributed by atoms with Crippen LogP contribution in [0.25, 0.3) is 11.3 Å². The van der Waals surface area contributed by atoms with E-state index in [0.717, 1.165) is 30.9 Å². The number of hydrogen-bond donors (Lipinski definition) is 2. The van der Waals surface area contributed by atoms with Crippen molar-refractivity contribution in [1.82, 2.24) is 15.3 Å². The van der Waals surface area contributed by atoms with E-state index in [2.05, 4.69) is 62.3 Å². The SMILES string of the molecule is CCc1[nH]c(CCNC(C)(C)C)nc1-c1ccccc1. The molecule has 0 saturated heterocycles. The molecule has 1 aromatic carbocycles. The molecular weight excluding hydrogens is 246 g/mol. The van der Waals surface area contributed by atoms with Crippen molar-refractivity contribution in [1.29, 1.82) is 0 Å². The zero-order valence-electron chi connectivity index (χ0n) is 13.0. The van der Waals surface area contributed by atoms with Gasteiger partial charge in [0.25, 0.3) is 0 Å². The van der Waals surface area contributed by atoms with Crippen LogP contribution < -0.4 is 5.32 Å². The van der Waals surface area contributed by atoms with Crippen LogP contribution >= 0.6 is 0 Å². The average Bonchev–Trinajstić information content (AvgIpc) is 2.81. The molecule has 0 aliphatic heterocycles. The van der Waals surface area contributed by atoms with Crippen molar-refractivity contribution < 1.29 is 0 Å². The van der Waals surface area contributed by atoms with Crippen molar-refractivity contribution in [3.05, 3.63) is 41.9 Å². The molecule has 0 fully saturated rings. The first-order valence-electron chi connectivity index (χ1n) is 7.38. The van der Waals surface area contributed by atoms with E-state index in [9.17, 15) is 0 Å². The molecule has 0 spiro atoms. The molecule has 0 saturated carbocycles. The molecule has 0 bridgehead atoms. The van der Waals surface area contributed by atoms with E-state index in [1.165, 1.54) is 11.3 Å². The average molecular weight is 271 g/mol. The molecule has 0 aliphatic carbocycles. The molecule has 2 aromatic rings. The number of hydrogen-bond acceptors (Lipinski definition) is 2. The monoisotopic (exact) mass is 271 g/mol. The highest BCUT2D eigenvalue weighted by Gasteiger charge is 2.12. The molecule has 0 aliphatic rings. The van der Waals surface area contributed by atoms with Gasteiger partial charge in [0.1, 0.15) is 5.82 Å². The van der Waals surface area contributed by atoms with Crippen molar-refractivity contribution in [2.45, 2.75) is 46.1 Å². The lowest BCUT2D eigenvalue weighted by atomic mass is 10.1. The summed E-state index contributed by atoms with van der Waals surface area (Å²) in [5.74, 6) is 1.07. The molecule has 2 N–H and O–H groups in total. The Kier molecular flexibility index (Phi) is 4.61. The van der Waals surface area contributed by atoms with E-state index in [4.69, 9.17) is 4.98 Å². The molecule has 0 amide bonds. The van der Waals surface area contributed by atoms with Crippen LogP contribution in [-0.2, 0) is 12.8 Å². The van der Waals surface area contributed by atoms with Crippen molar-refractivity contribution in [2.24, 2.45) is 0 Å². The highest BCUT2D eigenvalue weighted by molar-refractivity contribution is 5.62.